The van der Waals surface area contributed by atoms with Crippen LogP contribution in [0.4, 0.5) is 0 Å². The molecule has 4 heteroatoms. The van der Waals surface area contributed by atoms with E-state index in [0.29, 0.717) is 24.3 Å². The first-order chi connectivity index (χ1) is 12.1. The monoisotopic (exact) mass is 358 g/mol. The molecular formula is C22H30O4. The Bertz CT molecular complexity index is 747. The van der Waals surface area contributed by atoms with Crippen molar-refractivity contribution >= 4 is 11.8 Å². The van der Waals surface area contributed by atoms with Crippen LogP contribution in [0.15, 0.2) is 22.8 Å². The summed E-state index contributed by atoms with van der Waals surface area (Å²) in [6, 6.07) is 0. The van der Waals surface area contributed by atoms with E-state index in [9.17, 15) is 19.8 Å². The summed E-state index contributed by atoms with van der Waals surface area (Å²) >= 11 is 0. The number of hydrogen-bond acceptors (Lipinski definition) is 3. The summed E-state index contributed by atoms with van der Waals surface area (Å²) < 4.78 is 0. The zero-order chi connectivity index (χ0) is 18.9. The molecule has 3 fully saturated rings. The standard InChI is InChI=1S/C22H30O4/c1-13(19(24)25)16-6-7-17-18-5-4-14-12-15(23)8-9-21(14,3)22(18,26)11-10-20(16,17)2/h12,17-18,26H,4-11H2,1-3H3,(H,24,25)/t17-,18-,20+,21-,22?/m0/s1. The first-order valence-electron chi connectivity index (χ1n) is 10.0. The summed E-state index contributed by atoms with van der Waals surface area (Å²) in [5, 5.41) is 21.4. The maximum absolute atomic E-state index is 11.9. The lowest BCUT2D eigenvalue weighted by molar-refractivity contribution is -0.183. The SMILES string of the molecule is CC(C(=O)O)=C1CC[C@H]2[C@@H]3CCC4=CC(=O)CC[C@]4(C)C3(O)CC[C@]12C. The number of carbonyl (C=O) groups is 2. The number of aliphatic carboxylic acids is 1. The van der Waals surface area contributed by atoms with Crippen molar-refractivity contribution in [2.75, 3.05) is 0 Å². The van der Waals surface area contributed by atoms with E-state index in [4.69, 9.17) is 0 Å². The van der Waals surface area contributed by atoms with Crippen molar-refractivity contribution in [3.05, 3.63) is 22.8 Å². The number of rotatable bonds is 1. The molecule has 0 saturated heterocycles. The molecule has 2 N–H and O–H groups in total. The summed E-state index contributed by atoms with van der Waals surface area (Å²) in [6.45, 7) is 6.13. The van der Waals surface area contributed by atoms with Gasteiger partial charge in [-0.15, -0.1) is 0 Å². The van der Waals surface area contributed by atoms with E-state index in [2.05, 4.69) is 13.8 Å². The highest BCUT2D eigenvalue weighted by molar-refractivity contribution is 5.91. The van der Waals surface area contributed by atoms with Gasteiger partial charge in [0.25, 0.3) is 0 Å². The van der Waals surface area contributed by atoms with E-state index in [1.54, 1.807) is 13.0 Å². The Morgan fingerprint density at radius 3 is 2.46 bits per heavy atom. The van der Waals surface area contributed by atoms with Gasteiger partial charge in [-0.05, 0) is 75.2 Å². The fourth-order valence-electron chi connectivity index (χ4n) is 7.06. The molecule has 142 valence electrons. The smallest absolute Gasteiger partial charge is 0.331 e. The molecule has 4 aliphatic rings. The number of carboxylic acids is 1. The second-order valence-corrected chi connectivity index (χ2v) is 9.51. The van der Waals surface area contributed by atoms with E-state index in [0.717, 1.165) is 49.7 Å². The summed E-state index contributed by atoms with van der Waals surface area (Å²) in [7, 11) is 0. The van der Waals surface area contributed by atoms with Gasteiger partial charge in [0.05, 0.1) is 5.60 Å². The minimum absolute atomic E-state index is 0.110. The van der Waals surface area contributed by atoms with Crippen LogP contribution in [0.2, 0.25) is 0 Å². The molecule has 0 aliphatic heterocycles. The van der Waals surface area contributed by atoms with E-state index in [-0.39, 0.29) is 22.5 Å². The van der Waals surface area contributed by atoms with Gasteiger partial charge in [0.15, 0.2) is 5.78 Å². The fourth-order valence-corrected chi connectivity index (χ4v) is 7.06. The van der Waals surface area contributed by atoms with Gasteiger partial charge in [-0.25, -0.2) is 4.79 Å². The van der Waals surface area contributed by atoms with E-state index >= 15 is 0 Å². The lowest BCUT2D eigenvalue weighted by Crippen LogP contribution is -2.62. The summed E-state index contributed by atoms with van der Waals surface area (Å²) in [5.41, 5.74) is 1.57. The van der Waals surface area contributed by atoms with Crippen LogP contribution in [0, 0.1) is 22.7 Å². The third-order valence-electron chi connectivity index (χ3n) is 8.71. The molecule has 4 nitrogen and oxygen atoms in total. The average Bonchev–Trinajstić information content (AvgIpc) is 2.93. The zero-order valence-corrected chi connectivity index (χ0v) is 16.1. The first kappa shape index (κ1) is 18.0. The Morgan fingerprint density at radius 1 is 1.08 bits per heavy atom. The molecule has 5 atom stereocenters. The van der Waals surface area contributed by atoms with E-state index in [1.807, 2.05) is 0 Å². The quantitative estimate of drug-likeness (QED) is 0.694. The summed E-state index contributed by atoms with van der Waals surface area (Å²) in [6.07, 6.45) is 8.21. The Hall–Kier alpha value is -1.42. The molecule has 26 heavy (non-hydrogen) atoms. The molecule has 4 rings (SSSR count). The fraction of sp³-hybridized carbons (Fsp3) is 0.727. The van der Waals surface area contributed by atoms with Crippen LogP contribution < -0.4 is 0 Å². The predicted molar refractivity (Wildman–Crippen MR) is 98.5 cm³/mol. The maximum Gasteiger partial charge on any atom is 0.331 e. The molecule has 0 heterocycles. The van der Waals surface area contributed by atoms with Crippen molar-refractivity contribution in [2.45, 2.75) is 77.7 Å². The number of carboxylic acid groups (broad SMARTS) is 1. The van der Waals surface area contributed by atoms with E-state index in [1.165, 1.54) is 0 Å². The van der Waals surface area contributed by atoms with Gasteiger partial charge in [0, 0.05) is 17.4 Å². The van der Waals surface area contributed by atoms with Gasteiger partial charge in [-0.3, -0.25) is 4.79 Å². The summed E-state index contributed by atoms with van der Waals surface area (Å²) in [4.78, 5) is 23.5. The lowest BCUT2D eigenvalue weighted by atomic mass is 9.45. The van der Waals surface area contributed by atoms with Crippen LogP contribution in [0.1, 0.15) is 72.1 Å². The molecular weight excluding hydrogens is 328 g/mol. The highest BCUT2D eigenvalue weighted by Crippen LogP contribution is 2.68. The molecule has 0 aromatic carbocycles. The minimum Gasteiger partial charge on any atom is -0.478 e. The van der Waals surface area contributed by atoms with E-state index < -0.39 is 11.6 Å². The number of fused-ring (bicyclic) bond motifs is 5. The largest absolute Gasteiger partial charge is 0.478 e. The number of allylic oxidation sites excluding steroid dienone is 1. The van der Waals surface area contributed by atoms with Crippen LogP contribution >= 0.6 is 0 Å². The van der Waals surface area contributed by atoms with Crippen molar-refractivity contribution < 1.29 is 19.8 Å². The van der Waals surface area contributed by atoms with Gasteiger partial charge >= 0.3 is 5.97 Å². The zero-order valence-electron chi connectivity index (χ0n) is 16.1. The second kappa shape index (κ2) is 5.54. The topological polar surface area (TPSA) is 74.6 Å². The maximum atomic E-state index is 11.9. The lowest BCUT2D eigenvalue weighted by Gasteiger charge is -2.62. The number of ketones is 1. The predicted octanol–water partition coefficient (Wildman–Crippen LogP) is 4.03. The van der Waals surface area contributed by atoms with Crippen LogP contribution in [-0.2, 0) is 9.59 Å². The Balaban J connectivity index is 1.75. The van der Waals surface area contributed by atoms with Crippen molar-refractivity contribution in [1.29, 1.82) is 0 Å². The minimum atomic E-state index is -0.811. The van der Waals surface area contributed by atoms with Crippen LogP contribution in [0.3, 0.4) is 0 Å². The van der Waals surface area contributed by atoms with Gasteiger partial charge in [0.2, 0.25) is 0 Å². The molecule has 0 aromatic heterocycles. The molecule has 0 spiro atoms. The van der Waals surface area contributed by atoms with Crippen molar-refractivity contribution in [1.82, 2.24) is 0 Å². The first-order valence-corrected chi connectivity index (χ1v) is 10.0. The Morgan fingerprint density at radius 2 is 1.77 bits per heavy atom. The van der Waals surface area contributed by atoms with Crippen LogP contribution in [0.5, 0.6) is 0 Å². The molecule has 0 radical (unpaired) electrons. The average molecular weight is 358 g/mol. The third kappa shape index (κ3) is 2.11. The molecule has 4 aliphatic carbocycles. The number of hydrogen-bond donors (Lipinski definition) is 2. The Labute approximate surface area is 155 Å². The molecule has 0 aromatic rings. The van der Waals surface area contributed by atoms with Crippen molar-refractivity contribution in [3.63, 3.8) is 0 Å². The molecule has 0 amide bonds. The van der Waals surface area contributed by atoms with Crippen molar-refractivity contribution in [3.8, 4) is 0 Å². The van der Waals surface area contributed by atoms with Gasteiger partial charge in [0.1, 0.15) is 0 Å². The molecule has 3 saturated carbocycles. The second-order valence-electron chi connectivity index (χ2n) is 9.51. The number of aliphatic hydroxyl groups is 1. The van der Waals surface area contributed by atoms with Crippen molar-refractivity contribution in [2.24, 2.45) is 22.7 Å². The molecule has 1 unspecified atom stereocenters. The van der Waals surface area contributed by atoms with Gasteiger partial charge < -0.3 is 10.2 Å². The Kier molecular flexibility index (Phi) is 3.83. The van der Waals surface area contributed by atoms with Crippen LogP contribution in [0.25, 0.3) is 0 Å². The molecule has 0 bridgehead atoms. The highest BCUT2D eigenvalue weighted by atomic mass is 16.4. The van der Waals surface area contributed by atoms with Gasteiger partial charge in [-0.2, -0.15) is 0 Å². The summed E-state index contributed by atoms with van der Waals surface area (Å²) in [5.74, 6) is -0.0880. The van der Waals surface area contributed by atoms with Crippen LogP contribution in [-0.4, -0.2) is 27.6 Å². The van der Waals surface area contributed by atoms with Gasteiger partial charge in [-0.1, -0.05) is 25.0 Å². The normalized spacial score (nSPS) is 46.8. The third-order valence-corrected chi connectivity index (χ3v) is 8.71. The number of carbonyl (C=O) groups excluding carboxylic acids is 1. The highest BCUT2D eigenvalue weighted by Gasteiger charge is 2.65.